The topological polar surface area (TPSA) is 70.7 Å². The SMILES string of the molecule is Cc1ccc(Nc2nnc(Cc3ccccc3)c(=O)[nH]2)c(C)c1. The van der Waals surface area contributed by atoms with Crippen LogP contribution in [0.25, 0.3) is 0 Å². The highest BCUT2D eigenvalue weighted by Crippen LogP contribution is 2.18. The molecule has 0 bridgehead atoms. The maximum Gasteiger partial charge on any atom is 0.274 e. The summed E-state index contributed by atoms with van der Waals surface area (Å²) in [6.45, 7) is 4.04. The van der Waals surface area contributed by atoms with Gasteiger partial charge in [0.2, 0.25) is 5.95 Å². The van der Waals surface area contributed by atoms with E-state index >= 15 is 0 Å². The van der Waals surface area contributed by atoms with E-state index in [4.69, 9.17) is 0 Å². The normalized spacial score (nSPS) is 10.5. The highest BCUT2D eigenvalue weighted by molar-refractivity contribution is 5.58. The number of anilines is 2. The highest BCUT2D eigenvalue weighted by atomic mass is 16.1. The van der Waals surface area contributed by atoms with Crippen LogP contribution in [0.15, 0.2) is 53.3 Å². The summed E-state index contributed by atoms with van der Waals surface area (Å²) in [5.41, 5.74) is 4.38. The maximum atomic E-state index is 12.2. The summed E-state index contributed by atoms with van der Waals surface area (Å²) in [4.78, 5) is 14.9. The number of rotatable bonds is 4. The lowest BCUT2D eigenvalue weighted by atomic mass is 10.1. The average Bonchev–Trinajstić information content (AvgIpc) is 2.54. The number of aromatic nitrogens is 3. The van der Waals surface area contributed by atoms with Crippen LogP contribution in [-0.2, 0) is 6.42 Å². The highest BCUT2D eigenvalue weighted by Gasteiger charge is 2.07. The first-order chi connectivity index (χ1) is 11.1. The molecule has 5 heteroatoms. The Bertz CT molecular complexity index is 872. The molecule has 0 aliphatic carbocycles. The molecule has 23 heavy (non-hydrogen) atoms. The van der Waals surface area contributed by atoms with Gasteiger partial charge in [-0.2, -0.15) is 0 Å². The Labute approximate surface area is 134 Å². The predicted octanol–water partition coefficient (Wildman–Crippen LogP) is 3.12. The van der Waals surface area contributed by atoms with E-state index in [0.717, 1.165) is 16.8 Å². The minimum atomic E-state index is -0.226. The second-order valence-corrected chi connectivity index (χ2v) is 5.56. The second kappa shape index (κ2) is 6.44. The standard InChI is InChI=1S/C18H18N4O/c1-12-8-9-15(13(2)10-12)19-18-20-17(23)16(21-22-18)11-14-6-4-3-5-7-14/h3-10H,11H2,1-2H3,(H2,19,20,22,23). The zero-order chi connectivity index (χ0) is 16.2. The first-order valence-electron chi connectivity index (χ1n) is 7.46. The Morgan fingerprint density at radius 3 is 2.52 bits per heavy atom. The van der Waals surface area contributed by atoms with Crippen molar-refractivity contribution in [2.75, 3.05) is 5.32 Å². The number of H-pyrrole nitrogens is 1. The smallest absolute Gasteiger partial charge is 0.274 e. The molecule has 0 saturated heterocycles. The molecule has 1 heterocycles. The number of benzene rings is 2. The summed E-state index contributed by atoms with van der Waals surface area (Å²) in [6.07, 6.45) is 0.465. The fourth-order valence-electron chi connectivity index (χ4n) is 2.40. The van der Waals surface area contributed by atoms with Crippen molar-refractivity contribution < 1.29 is 0 Å². The van der Waals surface area contributed by atoms with E-state index in [1.807, 2.05) is 56.3 Å². The third kappa shape index (κ3) is 3.63. The predicted molar refractivity (Wildman–Crippen MR) is 91.1 cm³/mol. The van der Waals surface area contributed by atoms with Crippen molar-refractivity contribution in [1.82, 2.24) is 15.2 Å². The van der Waals surface area contributed by atoms with Crippen molar-refractivity contribution in [2.45, 2.75) is 20.3 Å². The summed E-state index contributed by atoms with van der Waals surface area (Å²) in [5, 5.41) is 11.2. The van der Waals surface area contributed by atoms with E-state index in [9.17, 15) is 4.79 Å². The summed E-state index contributed by atoms with van der Waals surface area (Å²) >= 11 is 0. The number of hydrogen-bond acceptors (Lipinski definition) is 4. The van der Waals surface area contributed by atoms with Crippen LogP contribution in [0.2, 0.25) is 0 Å². The summed E-state index contributed by atoms with van der Waals surface area (Å²) in [5.74, 6) is 0.346. The minimum Gasteiger partial charge on any atom is -0.324 e. The van der Waals surface area contributed by atoms with E-state index in [2.05, 4.69) is 26.6 Å². The Hall–Kier alpha value is -2.95. The number of nitrogens with zero attached hydrogens (tertiary/aromatic N) is 2. The Balaban J connectivity index is 1.80. The molecule has 0 aliphatic rings. The van der Waals surface area contributed by atoms with Gasteiger partial charge >= 0.3 is 0 Å². The van der Waals surface area contributed by atoms with Gasteiger partial charge in [-0.15, -0.1) is 10.2 Å². The molecule has 1 aromatic heterocycles. The van der Waals surface area contributed by atoms with Gasteiger partial charge in [0.25, 0.3) is 5.56 Å². The van der Waals surface area contributed by atoms with E-state index < -0.39 is 0 Å². The number of aryl methyl sites for hydroxylation is 2. The molecule has 2 aromatic carbocycles. The minimum absolute atomic E-state index is 0.226. The van der Waals surface area contributed by atoms with E-state index in [0.29, 0.717) is 18.1 Å². The first kappa shape index (κ1) is 15.0. The van der Waals surface area contributed by atoms with Gasteiger partial charge in [-0.1, -0.05) is 48.0 Å². The average molecular weight is 306 g/mol. The van der Waals surface area contributed by atoms with Gasteiger partial charge in [-0.3, -0.25) is 9.78 Å². The zero-order valence-corrected chi connectivity index (χ0v) is 13.1. The van der Waals surface area contributed by atoms with Crippen LogP contribution in [-0.4, -0.2) is 15.2 Å². The van der Waals surface area contributed by atoms with Gasteiger partial charge in [-0.25, -0.2) is 0 Å². The van der Waals surface area contributed by atoms with Crippen molar-refractivity contribution in [2.24, 2.45) is 0 Å². The molecule has 0 spiro atoms. The van der Waals surface area contributed by atoms with Crippen molar-refractivity contribution in [3.8, 4) is 0 Å². The Morgan fingerprint density at radius 1 is 1.04 bits per heavy atom. The monoisotopic (exact) mass is 306 g/mol. The summed E-state index contributed by atoms with van der Waals surface area (Å²) in [7, 11) is 0. The molecule has 3 rings (SSSR count). The van der Waals surface area contributed by atoms with Gasteiger partial charge in [-0.05, 0) is 31.0 Å². The van der Waals surface area contributed by atoms with Crippen LogP contribution >= 0.6 is 0 Å². The van der Waals surface area contributed by atoms with Crippen molar-refractivity contribution in [3.05, 3.63) is 81.3 Å². The van der Waals surface area contributed by atoms with Crippen LogP contribution in [0, 0.1) is 13.8 Å². The summed E-state index contributed by atoms with van der Waals surface area (Å²) in [6, 6.07) is 15.8. The van der Waals surface area contributed by atoms with E-state index in [1.165, 1.54) is 5.56 Å². The molecule has 0 atom stereocenters. The zero-order valence-electron chi connectivity index (χ0n) is 13.1. The maximum absolute atomic E-state index is 12.2. The lowest BCUT2D eigenvalue weighted by Gasteiger charge is -2.09. The number of nitrogens with one attached hydrogen (secondary N) is 2. The van der Waals surface area contributed by atoms with Crippen LogP contribution < -0.4 is 10.9 Å². The first-order valence-corrected chi connectivity index (χ1v) is 7.46. The molecule has 0 amide bonds. The summed E-state index contributed by atoms with van der Waals surface area (Å²) < 4.78 is 0. The van der Waals surface area contributed by atoms with Crippen LogP contribution in [0.3, 0.4) is 0 Å². The van der Waals surface area contributed by atoms with Crippen LogP contribution in [0.4, 0.5) is 11.6 Å². The molecular formula is C18H18N4O. The van der Waals surface area contributed by atoms with Gasteiger partial charge < -0.3 is 5.32 Å². The van der Waals surface area contributed by atoms with Crippen LogP contribution in [0.5, 0.6) is 0 Å². The van der Waals surface area contributed by atoms with Gasteiger partial charge in [0.15, 0.2) is 0 Å². The fourth-order valence-corrected chi connectivity index (χ4v) is 2.40. The largest absolute Gasteiger partial charge is 0.324 e. The third-order valence-corrected chi connectivity index (χ3v) is 3.61. The molecule has 0 saturated carbocycles. The van der Waals surface area contributed by atoms with E-state index in [1.54, 1.807) is 0 Å². The van der Waals surface area contributed by atoms with Gasteiger partial charge in [0, 0.05) is 12.1 Å². The lowest BCUT2D eigenvalue weighted by Crippen LogP contribution is -2.19. The van der Waals surface area contributed by atoms with Gasteiger partial charge in [0.1, 0.15) is 5.69 Å². The van der Waals surface area contributed by atoms with Crippen molar-refractivity contribution >= 4 is 11.6 Å². The molecule has 3 aromatic rings. The van der Waals surface area contributed by atoms with Gasteiger partial charge in [0.05, 0.1) is 0 Å². The third-order valence-electron chi connectivity index (χ3n) is 3.61. The molecule has 0 radical (unpaired) electrons. The van der Waals surface area contributed by atoms with Crippen molar-refractivity contribution in [3.63, 3.8) is 0 Å². The molecule has 116 valence electrons. The lowest BCUT2D eigenvalue weighted by molar-refractivity contribution is 0.873. The molecule has 0 unspecified atom stereocenters. The molecule has 2 N–H and O–H groups in total. The Morgan fingerprint density at radius 2 is 1.83 bits per heavy atom. The molecule has 5 nitrogen and oxygen atoms in total. The second-order valence-electron chi connectivity index (χ2n) is 5.56. The number of aromatic amines is 1. The quantitative estimate of drug-likeness (QED) is 0.777. The molecular weight excluding hydrogens is 288 g/mol. The van der Waals surface area contributed by atoms with Crippen molar-refractivity contribution in [1.29, 1.82) is 0 Å². The molecule has 0 fully saturated rings. The number of hydrogen-bond donors (Lipinski definition) is 2. The van der Waals surface area contributed by atoms with Crippen LogP contribution in [0.1, 0.15) is 22.4 Å². The Kier molecular flexibility index (Phi) is 4.19. The van der Waals surface area contributed by atoms with E-state index in [-0.39, 0.29) is 5.56 Å². The fraction of sp³-hybridized carbons (Fsp3) is 0.167. The molecule has 0 aliphatic heterocycles.